The van der Waals surface area contributed by atoms with E-state index in [2.05, 4.69) is 45.9 Å². The fourth-order valence-electron chi connectivity index (χ4n) is 2.85. The van der Waals surface area contributed by atoms with Crippen LogP contribution in [0.1, 0.15) is 24.5 Å². The van der Waals surface area contributed by atoms with Gasteiger partial charge in [-0.2, -0.15) is 0 Å². The van der Waals surface area contributed by atoms with Crippen LogP contribution in [0.5, 0.6) is 0 Å². The van der Waals surface area contributed by atoms with Gasteiger partial charge in [-0.05, 0) is 43.3 Å². The number of nitrogens with zero attached hydrogens (tertiary/aromatic N) is 1. The van der Waals surface area contributed by atoms with Gasteiger partial charge in [-0.15, -0.1) is 0 Å². The molecule has 2 amide bonds. The maximum Gasteiger partial charge on any atom is 0.407 e. The van der Waals surface area contributed by atoms with Gasteiger partial charge < -0.3 is 20.3 Å². The molecular weight excluding hydrogens is 354 g/mol. The Hall–Kier alpha value is -2.86. The summed E-state index contributed by atoms with van der Waals surface area (Å²) in [6.45, 7) is 3.63. The first-order chi connectivity index (χ1) is 13.5. The Morgan fingerprint density at radius 3 is 2.39 bits per heavy atom. The lowest BCUT2D eigenvalue weighted by Crippen LogP contribution is -2.30. The molecule has 0 spiro atoms. The average molecular weight is 383 g/mol. The topological polar surface area (TPSA) is 70.7 Å². The van der Waals surface area contributed by atoms with Crippen molar-refractivity contribution in [3.05, 3.63) is 59.7 Å². The fourth-order valence-corrected chi connectivity index (χ4v) is 2.85. The molecular formula is C22H29N3O3. The minimum Gasteiger partial charge on any atom is -0.450 e. The van der Waals surface area contributed by atoms with Gasteiger partial charge in [0.05, 0.1) is 6.61 Å². The van der Waals surface area contributed by atoms with Crippen molar-refractivity contribution >= 4 is 12.0 Å². The summed E-state index contributed by atoms with van der Waals surface area (Å²) in [7, 11) is 4.10. The molecule has 2 aromatic carbocycles. The predicted octanol–water partition coefficient (Wildman–Crippen LogP) is 3.17. The van der Waals surface area contributed by atoms with Gasteiger partial charge >= 0.3 is 6.09 Å². The van der Waals surface area contributed by atoms with E-state index in [0.717, 1.165) is 23.2 Å². The largest absolute Gasteiger partial charge is 0.450 e. The van der Waals surface area contributed by atoms with Crippen molar-refractivity contribution < 1.29 is 14.3 Å². The standard InChI is InChI=1S/C22H29N3O3/c1-4-28-22(27)23-14-13-21(26)24-15-19-7-5-6-8-20(19)18-11-9-17(10-12-18)16-25(2)3/h5-12H,4,13-16H2,1-3H3,(H,23,27)(H,24,26). The number of carbonyl (C=O) groups excluding carboxylic acids is 2. The second-order valence-electron chi connectivity index (χ2n) is 6.77. The summed E-state index contributed by atoms with van der Waals surface area (Å²) in [6, 6.07) is 16.5. The molecule has 0 fully saturated rings. The second-order valence-corrected chi connectivity index (χ2v) is 6.77. The molecule has 0 bridgehead atoms. The van der Waals surface area contributed by atoms with Gasteiger partial charge in [-0.3, -0.25) is 4.79 Å². The van der Waals surface area contributed by atoms with Crippen LogP contribution < -0.4 is 10.6 Å². The summed E-state index contributed by atoms with van der Waals surface area (Å²) in [5, 5.41) is 5.46. The van der Waals surface area contributed by atoms with E-state index < -0.39 is 6.09 Å². The van der Waals surface area contributed by atoms with Crippen LogP contribution in [0.25, 0.3) is 11.1 Å². The fraction of sp³-hybridized carbons (Fsp3) is 0.364. The molecule has 0 saturated carbocycles. The summed E-state index contributed by atoms with van der Waals surface area (Å²) >= 11 is 0. The van der Waals surface area contributed by atoms with Crippen molar-refractivity contribution in [3.63, 3.8) is 0 Å². The minimum absolute atomic E-state index is 0.118. The van der Waals surface area contributed by atoms with Crippen molar-refractivity contribution in [2.75, 3.05) is 27.2 Å². The van der Waals surface area contributed by atoms with Crippen molar-refractivity contribution in [1.29, 1.82) is 0 Å². The van der Waals surface area contributed by atoms with Crippen LogP contribution in [0.3, 0.4) is 0 Å². The molecule has 0 aliphatic heterocycles. The zero-order valence-corrected chi connectivity index (χ0v) is 16.8. The molecule has 0 heterocycles. The number of hydrogen-bond donors (Lipinski definition) is 2. The van der Waals surface area contributed by atoms with E-state index in [-0.39, 0.29) is 18.9 Å². The zero-order valence-electron chi connectivity index (χ0n) is 16.8. The van der Waals surface area contributed by atoms with Crippen LogP contribution in [0, 0.1) is 0 Å². The first-order valence-corrected chi connectivity index (χ1v) is 9.49. The van der Waals surface area contributed by atoms with E-state index in [9.17, 15) is 9.59 Å². The summed E-state index contributed by atoms with van der Waals surface area (Å²) in [5.41, 5.74) is 4.53. The summed E-state index contributed by atoms with van der Waals surface area (Å²) in [6.07, 6.45) is -0.293. The molecule has 28 heavy (non-hydrogen) atoms. The Morgan fingerprint density at radius 2 is 1.71 bits per heavy atom. The molecule has 2 N–H and O–H groups in total. The summed E-state index contributed by atoms with van der Waals surface area (Å²) in [4.78, 5) is 25.4. The van der Waals surface area contributed by atoms with Crippen LogP contribution in [0.15, 0.2) is 48.5 Å². The van der Waals surface area contributed by atoms with Crippen molar-refractivity contribution in [1.82, 2.24) is 15.5 Å². The molecule has 6 heteroatoms. The SMILES string of the molecule is CCOC(=O)NCCC(=O)NCc1ccccc1-c1ccc(CN(C)C)cc1. The number of hydrogen-bond acceptors (Lipinski definition) is 4. The van der Waals surface area contributed by atoms with Crippen molar-refractivity contribution in [2.45, 2.75) is 26.4 Å². The molecule has 2 aromatic rings. The smallest absolute Gasteiger partial charge is 0.407 e. The molecule has 6 nitrogen and oxygen atoms in total. The summed E-state index contributed by atoms with van der Waals surface area (Å²) < 4.78 is 4.76. The molecule has 0 saturated heterocycles. The van der Waals surface area contributed by atoms with E-state index in [0.29, 0.717) is 13.2 Å². The number of benzene rings is 2. The Balaban J connectivity index is 1.93. The number of rotatable bonds is 9. The van der Waals surface area contributed by atoms with E-state index in [1.807, 2.05) is 32.3 Å². The second kappa shape index (κ2) is 11.1. The predicted molar refractivity (Wildman–Crippen MR) is 111 cm³/mol. The van der Waals surface area contributed by atoms with E-state index >= 15 is 0 Å². The van der Waals surface area contributed by atoms with E-state index in [1.54, 1.807) is 6.92 Å². The van der Waals surface area contributed by atoms with Gasteiger partial charge in [-0.25, -0.2) is 4.79 Å². The lowest BCUT2D eigenvalue weighted by molar-refractivity contribution is -0.121. The highest BCUT2D eigenvalue weighted by atomic mass is 16.5. The van der Waals surface area contributed by atoms with Crippen molar-refractivity contribution in [2.24, 2.45) is 0 Å². The zero-order chi connectivity index (χ0) is 20.4. The number of carbonyl (C=O) groups is 2. The third-order valence-corrected chi connectivity index (χ3v) is 4.15. The molecule has 0 aliphatic rings. The van der Waals surface area contributed by atoms with Crippen LogP contribution in [-0.4, -0.2) is 44.1 Å². The van der Waals surface area contributed by atoms with E-state index in [4.69, 9.17) is 4.74 Å². The van der Waals surface area contributed by atoms with Gasteiger partial charge in [0, 0.05) is 26.1 Å². The molecule has 150 valence electrons. The number of ether oxygens (including phenoxy) is 1. The third kappa shape index (κ3) is 7.04. The van der Waals surface area contributed by atoms with E-state index in [1.165, 1.54) is 5.56 Å². The number of nitrogens with one attached hydrogen (secondary N) is 2. The Bertz CT molecular complexity index is 773. The molecule has 0 aliphatic carbocycles. The highest BCUT2D eigenvalue weighted by molar-refractivity contribution is 5.77. The molecule has 0 atom stereocenters. The molecule has 0 radical (unpaired) electrons. The van der Waals surface area contributed by atoms with Gasteiger partial charge in [-0.1, -0.05) is 48.5 Å². The maximum atomic E-state index is 12.0. The number of alkyl carbamates (subject to hydrolysis) is 1. The van der Waals surface area contributed by atoms with Crippen LogP contribution in [-0.2, 0) is 22.6 Å². The average Bonchev–Trinajstić information content (AvgIpc) is 2.67. The van der Waals surface area contributed by atoms with Crippen molar-refractivity contribution in [3.8, 4) is 11.1 Å². The van der Waals surface area contributed by atoms with Gasteiger partial charge in [0.15, 0.2) is 0 Å². The summed E-state index contributed by atoms with van der Waals surface area (Å²) in [5.74, 6) is -0.118. The Morgan fingerprint density at radius 1 is 1.00 bits per heavy atom. The van der Waals surface area contributed by atoms with Crippen LogP contribution >= 0.6 is 0 Å². The highest BCUT2D eigenvalue weighted by Gasteiger charge is 2.08. The number of amides is 2. The van der Waals surface area contributed by atoms with Gasteiger partial charge in [0.25, 0.3) is 0 Å². The normalized spacial score (nSPS) is 10.6. The maximum absolute atomic E-state index is 12.0. The molecule has 0 unspecified atom stereocenters. The Labute approximate surface area is 166 Å². The van der Waals surface area contributed by atoms with Gasteiger partial charge in [0.1, 0.15) is 0 Å². The quantitative estimate of drug-likeness (QED) is 0.698. The Kier molecular flexibility index (Phi) is 8.49. The lowest BCUT2D eigenvalue weighted by atomic mass is 9.98. The molecule has 2 rings (SSSR count). The first-order valence-electron chi connectivity index (χ1n) is 9.49. The first kappa shape index (κ1) is 21.4. The third-order valence-electron chi connectivity index (χ3n) is 4.15. The minimum atomic E-state index is -0.502. The monoisotopic (exact) mass is 383 g/mol. The van der Waals surface area contributed by atoms with Crippen LogP contribution in [0.2, 0.25) is 0 Å². The molecule has 0 aromatic heterocycles. The lowest BCUT2D eigenvalue weighted by Gasteiger charge is -2.13. The highest BCUT2D eigenvalue weighted by Crippen LogP contribution is 2.24. The van der Waals surface area contributed by atoms with Crippen LogP contribution in [0.4, 0.5) is 4.79 Å². The van der Waals surface area contributed by atoms with Gasteiger partial charge in [0.2, 0.25) is 5.91 Å².